The fourth-order valence-corrected chi connectivity index (χ4v) is 3.08. The molecule has 0 saturated carbocycles. The van der Waals surface area contributed by atoms with Gasteiger partial charge in [0.15, 0.2) is 17.3 Å². The van der Waals surface area contributed by atoms with Crippen LogP contribution in [-0.2, 0) is 4.79 Å². The molecule has 0 aliphatic carbocycles. The van der Waals surface area contributed by atoms with Crippen LogP contribution < -0.4 is 9.47 Å². The highest BCUT2D eigenvalue weighted by Crippen LogP contribution is 2.28. The van der Waals surface area contributed by atoms with Crippen LogP contribution in [-0.4, -0.2) is 61.5 Å². The number of piperazine rings is 1. The first kappa shape index (κ1) is 20.5. The van der Waals surface area contributed by atoms with Crippen molar-refractivity contribution in [3.05, 3.63) is 54.0 Å². The van der Waals surface area contributed by atoms with Crippen molar-refractivity contribution in [3.8, 4) is 11.5 Å². The van der Waals surface area contributed by atoms with E-state index in [1.54, 1.807) is 41.2 Å². The van der Waals surface area contributed by atoms with Crippen molar-refractivity contribution in [1.82, 2.24) is 9.80 Å². The predicted octanol–water partition coefficient (Wildman–Crippen LogP) is 3.07. The lowest BCUT2D eigenvalue weighted by Crippen LogP contribution is -2.50. The Morgan fingerprint density at radius 3 is 2.52 bits per heavy atom. The number of carbonyl (C=O) groups excluding carboxylic acids is 2. The summed E-state index contributed by atoms with van der Waals surface area (Å²) in [6.07, 6.45) is 5.70. The number of benzene rings is 1. The highest BCUT2D eigenvalue weighted by Gasteiger charge is 2.25. The average Bonchev–Trinajstić information content (AvgIpc) is 3.30. The van der Waals surface area contributed by atoms with E-state index in [9.17, 15) is 9.59 Å². The van der Waals surface area contributed by atoms with Crippen molar-refractivity contribution in [2.24, 2.45) is 0 Å². The molecule has 1 saturated heterocycles. The maximum Gasteiger partial charge on any atom is 0.289 e. The highest BCUT2D eigenvalue weighted by molar-refractivity contribution is 5.93. The zero-order chi connectivity index (χ0) is 20.6. The molecule has 2 aromatic rings. The molecule has 29 heavy (non-hydrogen) atoms. The third-order valence-electron chi connectivity index (χ3n) is 4.68. The summed E-state index contributed by atoms with van der Waals surface area (Å²) in [6, 6.07) is 8.91. The summed E-state index contributed by atoms with van der Waals surface area (Å²) >= 11 is 0. The van der Waals surface area contributed by atoms with Crippen molar-refractivity contribution < 1.29 is 23.5 Å². The molecule has 1 aliphatic heterocycles. The molecule has 3 rings (SSSR count). The summed E-state index contributed by atoms with van der Waals surface area (Å²) < 4.78 is 16.2. The van der Waals surface area contributed by atoms with Crippen LogP contribution >= 0.6 is 0 Å². The van der Waals surface area contributed by atoms with Gasteiger partial charge in [-0.3, -0.25) is 9.59 Å². The lowest BCUT2D eigenvalue weighted by molar-refractivity contribution is -0.127. The van der Waals surface area contributed by atoms with Crippen molar-refractivity contribution in [1.29, 1.82) is 0 Å². The van der Waals surface area contributed by atoms with Gasteiger partial charge < -0.3 is 23.7 Å². The van der Waals surface area contributed by atoms with Gasteiger partial charge in [-0.25, -0.2) is 0 Å². The molecule has 0 spiro atoms. The molecule has 0 N–H and O–H groups in total. The smallest absolute Gasteiger partial charge is 0.289 e. The van der Waals surface area contributed by atoms with E-state index in [1.807, 2.05) is 25.1 Å². The minimum atomic E-state index is -0.143. The van der Waals surface area contributed by atoms with Crippen molar-refractivity contribution in [3.63, 3.8) is 0 Å². The molecule has 0 unspecified atom stereocenters. The largest absolute Gasteiger partial charge is 0.493 e. The molecule has 0 radical (unpaired) electrons. The third-order valence-corrected chi connectivity index (χ3v) is 4.68. The summed E-state index contributed by atoms with van der Waals surface area (Å²) in [4.78, 5) is 28.2. The van der Waals surface area contributed by atoms with Crippen molar-refractivity contribution >= 4 is 17.9 Å². The Hall–Kier alpha value is -3.22. The Bertz CT molecular complexity index is 852. The number of nitrogens with zero attached hydrogens (tertiary/aromatic N) is 2. The Labute approximate surface area is 170 Å². The molecule has 7 heteroatoms. The first-order valence-corrected chi connectivity index (χ1v) is 9.73. The van der Waals surface area contributed by atoms with Gasteiger partial charge in [0, 0.05) is 32.3 Å². The maximum absolute atomic E-state index is 12.5. The highest BCUT2D eigenvalue weighted by atomic mass is 16.5. The zero-order valence-corrected chi connectivity index (χ0v) is 16.8. The second-order valence-electron chi connectivity index (χ2n) is 6.69. The van der Waals surface area contributed by atoms with E-state index in [2.05, 4.69) is 0 Å². The fourth-order valence-electron chi connectivity index (χ4n) is 3.08. The van der Waals surface area contributed by atoms with Crippen LogP contribution in [0.15, 0.2) is 47.1 Å². The van der Waals surface area contributed by atoms with Gasteiger partial charge in [0.2, 0.25) is 5.91 Å². The lowest BCUT2D eigenvalue weighted by Gasteiger charge is -2.33. The van der Waals surface area contributed by atoms with Crippen molar-refractivity contribution in [2.75, 3.05) is 39.9 Å². The molecule has 2 heterocycles. The van der Waals surface area contributed by atoms with E-state index in [1.165, 1.54) is 6.26 Å². The molecule has 154 valence electrons. The van der Waals surface area contributed by atoms with Gasteiger partial charge in [-0.2, -0.15) is 0 Å². The number of hydrogen-bond donors (Lipinski definition) is 0. The number of furan rings is 1. The van der Waals surface area contributed by atoms with Crippen LogP contribution in [0.2, 0.25) is 0 Å². The SMILES string of the molecule is CCCOc1ccc(C=CC(=O)N2CCN(C(=O)c3ccco3)CC2)cc1OC. The van der Waals surface area contributed by atoms with Gasteiger partial charge in [-0.15, -0.1) is 0 Å². The molecule has 0 bridgehead atoms. The lowest BCUT2D eigenvalue weighted by atomic mass is 10.1. The van der Waals surface area contributed by atoms with Gasteiger partial charge in [-0.05, 0) is 42.3 Å². The number of methoxy groups -OCH3 is 1. The first-order chi connectivity index (χ1) is 14.1. The van der Waals surface area contributed by atoms with Gasteiger partial charge in [0.05, 0.1) is 20.0 Å². The summed E-state index contributed by atoms with van der Waals surface area (Å²) in [5.74, 6) is 1.42. The van der Waals surface area contributed by atoms with E-state index in [4.69, 9.17) is 13.9 Å². The zero-order valence-electron chi connectivity index (χ0n) is 16.8. The van der Waals surface area contributed by atoms with Crippen LogP contribution in [0.5, 0.6) is 11.5 Å². The number of amides is 2. The summed E-state index contributed by atoms with van der Waals surface area (Å²) in [6.45, 7) is 4.61. The normalized spacial score (nSPS) is 14.3. The predicted molar refractivity (Wildman–Crippen MR) is 109 cm³/mol. The molecule has 2 amide bonds. The second kappa shape index (κ2) is 9.82. The topological polar surface area (TPSA) is 72.2 Å². The number of carbonyl (C=O) groups is 2. The number of hydrogen-bond acceptors (Lipinski definition) is 5. The van der Waals surface area contributed by atoms with Gasteiger partial charge in [-0.1, -0.05) is 13.0 Å². The van der Waals surface area contributed by atoms with E-state index in [-0.39, 0.29) is 11.8 Å². The first-order valence-electron chi connectivity index (χ1n) is 9.73. The van der Waals surface area contributed by atoms with Crippen LogP contribution in [0.25, 0.3) is 6.08 Å². The summed E-state index contributed by atoms with van der Waals surface area (Å²) in [5.41, 5.74) is 0.852. The van der Waals surface area contributed by atoms with Gasteiger partial charge >= 0.3 is 0 Å². The Morgan fingerprint density at radius 2 is 1.86 bits per heavy atom. The number of rotatable bonds is 7. The standard InChI is InChI=1S/C22H26N2O5/c1-3-14-28-18-8-6-17(16-20(18)27-2)7-9-21(25)23-10-12-24(13-11-23)22(26)19-5-4-15-29-19/h4-9,15-16H,3,10-14H2,1-2H3. The average molecular weight is 398 g/mol. The Morgan fingerprint density at radius 1 is 1.10 bits per heavy atom. The second-order valence-corrected chi connectivity index (χ2v) is 6.69. The summed E-state index contributed by atoms with van der Waals surface area (Å²) in [5, 5.41) is 0. The van der Waals surface area contributed by atoms with E-state index < -0.39 is 0 Å². The minimum Gasteiger partial charge on any atom is -0.493 e. The van der Waals surface area contributed by atoms with E-state index >= 15 is 0 Å². The molecular formula is C22H26N2O5. The van der Waals surface area contributed by atoms with Gasteiger partial charge in [0.1, 0.15) is 0 Å². The Kier molecular flexibility index (Phi) is 6.94. The maximum atomic E-state index is 12.5. The molecule has 1 aromatic carbocycles. The quantitative estimate of drug-likeness (QED) is 0.671. The van der Waals surface area contributed by atoms with Crippen LogP contribution in [0.4, 0.5) is 0 Å². The number of ether oxygens (including phenoxy) is 2. The van der Waals surface area contributed by atoms with Gasteiger partial charge in [0.25, 0.3) is 5.91 Å². The fraction of sp³-hybridized carbons (Fsp3) is 0.364. The molecule has 0 atom stereocenters. The van der Waals surface area contributed by atoms with Crippen molar-refractivity contribution in [2.45, 2.75) is 13.3 Å². The van der Waals surface area contributed by atoms with E-state index in [0.717, 1.165) is 12.0 Å². The molecule has 1 fully saturated rings. The summed E-state index contributed by atoms with van der Waals surface area (Å²) in [7, 11) is 1.59. The molecular weight excluding hydrogens is 372 g/mol. The van der Waals surface area contributed by atoms with Crippen LogP contribution in [0.1, 0.15) is 29.5 Å². The monoisotopic (exact) mass is 398 g/mol. The molecule has 1 aliphatic rings. The Balaban J connectivity index is 1.55. The van der Waals surface area contributed by atoms with Crippen LogP contribution in [0, 0.1) is 0 Å². The van der Waals surface area contributed by atoms with E-state index in [0.29, 0.717) is 50.0 Å². The van der Waals surface area contributed by atoms with Crippen LogP contribution in [0.3, 0.4) is 0 Å². The minimum absolute atomic E-state index is 0.0830. The third kappa shape index (κ3) is 5.19. The molecule has 7 nitrogen and oxygen atoms in total. The molecule has 1 aromatic heterocycles.